The van der Waals surface area contributed by atoms with Gasteiger partial charge in [0.2, 0.25) is 5.91 Å². The van der Waals surface area contributed by atoms with E-state index in [2.05, 4.69) is 5.32 Å². The highest BCUT2D eigenvalue weighted by atomic mass is 32.2. The van der Waals surface area contributed by atoms with Gasteiger partial charge in [0.15, 0.2) is 0 Å². The molecule has 1 saturated carbocycles. The highest BCUT2D eigenvalue weighted by Gasteiger charge is 2.55. The largest absolute Gasteiger partial charge is 0.501 e. The molecule has 0 bridgehead atoms. The molecule has 0 aliphatic heterocycles. The summed E-state index contributed by atoms with van der Waals surface area (Å²) in [5, 5.41) is 12.4. The van der Waals surface area contributed by atoms with Crippen LogP contribution in [0, 0.1) is 0 Å². The maximum Gasteiger partial charge on any atom is 0.501 e. The van der Waals surface area contributed by atoms with Crippen LogP contribution >= 0.6 is 0 Å². The summed E-state index contributed by atoms with van der Waals surface area (Å²) in [6.45, 7) is 1.32. The van der Waals surface area contributed by atoms with E-state index < -0.39 is 55.9 Å². The van der Waals surface area contributed by atoms with Gasteiger partial charge in [0.25, 0.3) is 15.8 Å². The third-order valence-electron chi connectivity index (χ3n) is 4.75. The van der Waals surface area contributed by atoms with Crippen molar-refractivity contribution in [2.24, 2.45) is 0 Å². The van der Waals surface area contributed by atoms with Crippen LogP contribution in [0.15, 0.2) is 17.0 Å². The molecule has 156 valence electrons. The van der Waals surface area contributed by atoms with Gasteiger partial charge in [0.1, 0.15) is 18.0 Å². The van der Waals surface area contributed by atoms with E-state index in [0.29, 0.717) is 18.9 Å². The molecule has 1 aromatic carbocycles. The number of ether oxygens (including phenoxy) is 1. The van der Waals surface area contributed by atoms with E-state index in [4.69, 9.17) is 4.74 Å². The topological polar surface area (TPSA) is 92.7 Å². The summed E-state index contributed by atoms with van der Waals surface area (Å²) in [5.41, 5.74) is -7.16. The molecule has 2 aliphatic carbocycles. The fourth-order valence-electron chi connectivity index (χ4n) is 3.37. The Morgan fingerprint density at radius 1 is 1.29 bits per heavy atom. The van der Waals surface area contributed by atoms with Gasteiger partial charge in [-0.05, 0) is 12.1 Å². The van der Waals surface area contributed by atoms with Crippen LogP contribution in [0.2, 0.25) is 0 Å². The molecule has 0 saturated heterocycles. The number of fused-ring (bicyclic) bond motifs is 1. The van der Waals surface area contributed by atoms with Crippen molar-refractivity contribution in [3.63, 3.8) is 0 Å². The van der Waals surface area contributed by atoms with Crippen LogP contribution in [0.25, 0.3) is 0 Å². The Labute approximate surface area is 156 Å². The van der Waals surface area contributed by atoms with E-state index in [-0.39, 0.29) is 17.7 Å². The molecule has 2 aliphatic rings. The Hall–Kier alpha value is -1.95. The summed E-state index contributed by atoms with van der Waals surface area (Å²) in [6.07, 6.45) is -3.63. The Balaban J connectivity index is 1.95. The number of hydrogen-bond donors (Lipinski definition) is 2. The average molecular weight is 429 g/mol. The predicted molar refractivity (Wildman–Crippen MR) is 84.5 cm³/mol. The fraction of sp³-hybridized carbons (Fsp3) is 0.562. The molecule has 3 rings (SSSR count). The monoisotopic (exact) mass is 429 g/mol. The summed E-state index contributed by atoms with van der Waals surface area (Å²) < 4.78 is 95.7. The van der Waals surface area contributed by atoms with Crippen molar-refractivity contribution in [2.45, 2.75) is 60.8 Å². The van der Waals surface area contributed by atoms with Crippen LogP contribution in [0.1, 0.15) is 37.0 Å². The third-order valence-corrected chi connectivity index (χ3v) is 6.29. The molecule has 2 N–H and O–H groups in total. The molecule has 1 aromatic rings. The molecule has 6 nitrogen and oxygen atoms in total. The van der Waals surface area contributed by atoms with Gasteiger partial charge in [-0.25, -0.2) is 17.2 Å². The molecule has 1 fully saturated rings. The lowest BCUT2D eigenvalue weighted by atomic mass is 9.89. The van der Waals surface area contributed by atoms with Gasteiger partial charge < -0.3 is 15.2 Å². The summed E-state index contributed by atoms with van der Waals surface area (Å²) in [6, 6.07) is 1.23. The van der Waals surface area contributed by atoms with Crippen molar-refractivity contribution in [3.05, 3.63) is 23.3 Å². The molecule has 28 heavy (non-hydrogen) atoms. The van der Waals surface area contributed by atoms with Crippen molar-refractivity contribution in [3.8, 4) is 5.75 Å². The number of alkyl halides is 5. The van der Waals surface area contributed by atoms with E-state index in [9.17, 15) is 40.3 Å². The number of rotatable bonds is 4. The SMILES string of the molecule is CC(=O)NC1CC(Oc2ccc(S(=O)(=O)C(F)(F)F)c3c2CC(F)(F)[C@H]3O)C1. The summed E-state index contributed by atoms with van der Waals surface area (Å²) in [5.74, 6) is -4.30. The average Bonchev–Trinajstić information content (AvgIpc) is 2.74. The Morgan fingerprint density at radius 2 is 1.89 bits per heavy atom. The zero-order valence-corrected chi connectivity index (χ0v) is 15.2. The number of sulfone groups is 1. The molecular weight excluding hydrogens is 413 g/mol. The normalized spacial score (nSPS) is 26.3. The minimum absolute atomic E-state index is 0.174. The number of aliphatic hydroxyl groups excluding tert-OH is 1. The second-order valence-corrected chi connectivity index (χ2v) is 8.76. The molecule has 0 aromatic heterocycles. The van der Waals surface area contributed by atoms with E-state index in [1.165, 1.54) is 6.92 Å². The van der Waals surface area contributed by atoms with Crippen LogP contribution in [-0.4, -0.2) is 43.0 Å². The fourth-order valence-corrected chi connectivity index (χ4v) is 4.39. The predicted octanol–water partition coefficient (Wildman–Crippen LogP) is 2.25. The first-order valence-corrected chi connectivity index (χ1v) is 9.69. The second kappa shape index (κ2) is 6.55. The zero-order chi connectivity index (χ0) is 21.1. The van der Waals surface area contributed by atoms with Crippen LogP contribution < -0.4 is 10.1 Å². The van der Waals surface area contributed by atoms with Crippen LogP contribution in [-0.2, 0) is 21.1 Å². The maximum absolute atomic E-state index is 14.0. The zero-order valence-electron chi connectivity index (χ0n) is 14.4. The number of carbonyl (C=O) groups excluding carboxylic acids is 1. The van der Waals surface area contributed by atoms with Gasteiger partial charge in [0.05, 0.1) is 4.90 Å². The number of nitrogens with one attached hydrogen (secondary N) is 1. The lowest BCUT2D eigenvalue weighted by Gasteiger charge is -2.36. The highest BCUT2D eigenvalue weighted by Crippen LogP contribution is 2.51. The van der Waals surface area contributed by atoms with Crippen molar-refractivity contribution in [2.75, 3.05) is 0 Å². The highest BCUT2D eigenvalue weighted by molar-refractivity contribution is 7.92. The van der Waals surface area contributed by atoms with E-state index in [1.54, 1.807) is 0 Å². The van der Waals surface area contributed by atoms with Gasteiger partial charge in [-0.15, -0.1) is 0 Å². The third kappa shape index (κ3) is 3.43. The van der Waals surface area contributed by atoms with E-state index >= 15 is 0 Å². The quantitative estimate of drug-likeness (QED) is 0.717. The van der Waals surface area contributed by atoms with Gasteiger partial charge >= 0.3 is 5.51 Å². The van der Waals surface area contributed by atoms with Crippen molar-refractivity contribution in [1.29, 1.82) is 0 Å². The first-order chi connectivity index (χ1) is 12.7. The summed E-state index contributed by atoms with van der Waals surface area (Å²) >= 11 is 0. The lowest BCUT2D eigenvalue weighted by molar-refractivity contribution is -0.120. The van der Waals surface area contributed by atoms with Crippen LogP contribution in [0.5, 0.6) is 5.75 Å². The number of amides is 1. The van der Waals surface area contributed by atoms with Gasteiger partial charge in [0, 0.05) is 43.4 Å². The molecular formula is C16H16F5NO5S. The Bertz CT molecular complexity index is 909. The molecule has 0 radical (unpaired) electrons. The molecule has 0 unspecified atom stereocenters. The van der Waals surface area contributed by atoms with Gasteiger partial charge in [-0.2, -0.15) is 13.2 Å². The maximum atomic E-state index is 14.0. The van der Waals surface area contributed by atoms with Crippen molar-refractivity contribution >= 4 is 15.7 Å². The van der Waals surface area contributed by atoms with Crippen molar-refractivity contribution in [1.82, 2.24) is 5.32 Å². The lowest BCUT2D eigenvalue weighted by Crippen LogP contribution is -2.48. The number of aliphatic hydroxyl groups is 1. The number of hydrogen-bond acceptors (Lipinski definition) is 5. The molecule has 1 atom stereocenters. The first kappa shape index (κ1) is 20.8. The van der Waals surface area contributed by atoms with Crippen molar-refractivity contribution < 1.29 is 45.0 Å². The minimum atomic E-state index is -5.94. The van der Waals surface area contributed by atoms with E-state index in [0.717, 1.165) is 6.07 Å². The Morgan fingerprint density at radius 3 is 2.43 bits per heavy atom. The molecule has 1 amide bonds. The standard InChI is InChI=1S/C16H16F5NO5S/c1-7(23)22-8-4-9(5-8)27-11-2-3-12(28(25,26)16(19,20)21)13-10(11)6-15(17,18)14(13)24/h2-3,8-9,14,24H,4-6H2,1H3,(H,22,23)/t8?,9?,14-/m0/s1. The van der Waals surface area contributed by atoms with Gasteiger partial charge in [-0.1, -0.05) is 0 Å². The van der Waals surface area contributed by atoms with Crippen LogP contribution in [0.3, 0.4) is 0 Å². The van der Waals surface area contributed by atoms with E-state index in [1.807, 2.05) is 0 Å². The first-order valence-electron chi connectivity index (χ1n) is 8.21. The smallest absolute Gasteiger partial charge is 0.490 e. The summed E-state index contributed by atoms with van der Waals surface area (Å²) in [4.78, 5) is 9.57. The molecule has 12 heteroatoms. The number of halogens is 5. The Kier molecular flexibility index (Phi) is 4.86. The number of carbonyl (C=O) groups is 1. The molecule has 0 spiro atoms. The summed E-state index contributed by atoms with van der Waals surface area (Å²) in [7, 11) is -5.94. The van der Waals surface area contributed by atoms with Gasteiger partial charge in [-0.3, -0.25) is 4.79 Å². The minimum Gasteiger partial charge on any atom is -0.490 e. The second-order valence-electron chi connectivity index (χ2n) is 6.85. The van der Waals surface area contributed by atoms with Crippen LogP contribution in [0.4, 0.5) is 22.0 Å². The number of benzene rings is 1. The molecule has 0 heterocycles.